The summed E-state index contributed by atoms with van der Waals surface area (Å²) in [5.41, 5.74) is 5.05. The molecule has 1 aliphatic carbocycles. The van der Waals surface area contributed by atoms with Crippen molar-refractivity contribution < 1.29 is 0 Å². The molecule has 17 heavy (non-hydrogen) atoms. The standard InChI is InChI=1S/C17H18/c1-3-14(4-2)16-10-12-17(13-11-16)15-8-6-5-7-9-15/h3-4,6,8-13H,1,5,7H2,2H3/b14-4+. The van der Waals surface area contributed by atoms with E-state index in [0.29, 0.717) is 0 Å². The molecular weight excluding hydrogens is 204 g/mol. The van der Waals surface area contributed by atoms with Crippen molar-refractivity contribution in [3.63, 3.8) is 0 Å². The number of hydrogen-bond donors (Lipinski definition) is 0. The molecule has 0 bridgehead atoms. The highest BCUT2D eigenvalue weighted by Crippen LogP contribution is 2.23. The van der Waals surface area contributed by atoms with E-state index >= 15 is 0 Å². The third-order valence-corrected chi connectivity index (χ3v) is 3.08. The van der Waals surface area contributed by atoms with Crippen LogP contribution in [0.5, 0.6) is 0 Å². The molecule has 0 radical (unpaired) electrons. The molecule has 1 aromatic rings. The summed E-state index contributed by atoms with van der Waals surface area (Å²) < 4.78 is 0. The zero-order valence-electron chi connectivity index (χ0n) is 10.3. The van der Waals surface area contributed by atoms with Gasteiger partial charge in [0.25, 0.3) is 0 Å². The second-order valence-corrected chi connectivity index (χ2v) is 4.16. The molecule has 0 unspecified atom stereocenters. The molecule has 0 heterocycles. The van der Waals surface area contributed by atoms with Crippen molar-refractivity contribution in [1.29, 1.82) is 0 Å². The molecule has 0 fully saturated rings. The first kappa shape index (κ1) is 11.7. The van der Waals surface area contributed by atoms with E-state index in [2.05, 4.69) is 55.1 Å². The SMILES string of the molecule is C=C/C(=C\C)c1ccc(C2=CCCC=C2)cc1. The van der Waals surface area contributed by atoms with Crippen LogP contribution in [0.1, 0.15) is 30.9 Å². The molecule has 0 heteroatoms. The maximum atomic E-state index is 3.83. The first-order valence-corrected chi connectivity index (χ1v) is 6.11. The van der Waals surface area contributed by atoms with Crippen molar-refractivity contribution >= 4 is 11.1 Å². The van der Waals surface area contributed by atoms with Crippen molar-refractivity contribution in [1.82, 2.24) is 0 Å². The Kier molecular flexibility index (Phi) is 3.77. The Morgan fingerprint density at radius 1 is 1.18 bits per heavy atom. The molecule has 0 aliphatic heterocycles. The predicted molar refractivity (Wildman–Crippen MR) is 76.6 cm³/mol. The Hall–Kier alpha value is -1.82. The van der Waals surface area contributed by atoms with Crippen molar-refractivity contribution in [2.75, 3.05) is 0 Å². The van der Waals surface area contributed by atoms with E-state index in [1.165, 1.54) is 28.7 Å². The van der Waals surface area contributed by atoms with E-state index < -0.39 is 0 Å². The summed E-state index contributed by atoms with van der Waals surface area (Å²) in [4.78, 5) is 0. The highest BCUT2D eigenvalue weighted by Gasteiger charge is 2.02. The average Bonchev–Trinajstić information content (AvgIpc) is 2.42. The van der Waals surface area contributed by atoms with Gasteiger partial charge in [-0.15, -0.1) is 0 Å². The smallest absolute Gasteiger partial charge is 0.0187 e. The van der Waals surface area contributed by atoms with Gasteiger partial charge < -0.3 is 0 Å². The third kappa shape index (κ3) is 2.65. The third-order valence-electron chi connectivity index (χ3n) is 3.08. The van der Waals surface area contributed by atoms with Gasteiger partial charge in [-0.05, 0) is 42.0 Å². The molecule has 86 valence electrons. The molecule has 0 saturated carbocycles. The minimum atomic E-state index is 1.15. The molecule has 1 aromatic carbocycles. The molecule has 0 atom stereocenters. The highest BCUT2D eigenvalue weighted by molar-refractivity contribution is 5.78. The fraction of sp³-hybridized carbons (Fsp3) is 0.176. The van der Waals surface area contributed by atoms with Crippen LogP contribution in [0.4, 0.5) is 0 Å². The van der Waals surface area contributed by atoms with Gasteiger partial charge in [-0.2, -0.15) is 0 Å². The Morgan fingerprint density at radius 2 is 1.94 bits per heavy atom. The van der Waals surface area contributed by atoms with Crippen LogP contribution in [-0.2, 0) is 0 Å². The molecule has 0 spiro atoms. The van der Waals surface area contributed by atoms with Crippen LogP contribution >= 0.6 is 0 Å². The van der Waals surface area contributed by atoms with Crippen molar-refractivity contribution in [3.8, 4) is 0 Å². The van der Waals surface area contributed by atoms with Crippen LogP contribution in [0.3, 0.4) is 0 Å². The first-order valence-electron chi connectivity index (χ1n) is 6.11. The van der Waals surface area contributed by atoms with Gasteiger partial charge in [0.05, 0.1) is 0 Å². The molecule has 1 aliphatic rings. The Morgan fingerprint density at radius 3 is 2.47 bits per heavy atom. The Labute approximate surface area is 104 Å². The Balaban J connectivity index is 2.27. The Bertz CT molecular complexity index is 481. The molecule has 0 N–H and O–H groups in total. The second-order valence-electron chi connectivity index (χ2n) is 4.16. The largest absolute Gasteiger partial charge is 0.0985 e. The minimum Gasteiger partial charge on any atom is -0.0985 e. The van der Waals surface area contributed by atoms with Gasteiger partial charge in [0.2, 0.25) is 0 Å². The molecule has 0 nitrogen and oxygen atoms in total. The quantitative estimate of drug-likeness (QED) is 0.631. The molecule has 0 aromatic heterocycles. The van der Waals surface area contributed by atoms with Crippen molar-refractivity contribution in [3.05, 3.63) is 72.4 Å². The van der Waals surface area contributed by atoms with Gasteiger partial charge >= 0.3 is 0 Å². The van der Waals surface area contributed by atoms with Crippen molar-refractivity contribution in [2.45, 2.75) is 19.8 Å². The lowest BCUT2D eigenvalue weighted by atomic mass is 9.97. The average molecular weight is 222 g/mol. The van der Waals surface area contributed by atoms with Gasteiger partial charge in [0.1, 0.15) is 0 Å². The van der Waals surface area contributed by atoms with Gasteiger partial charge in [-0.3, -0.25) is 0 Å². The summed E-state index contributed by atoms with van der Waals surface area (Å²) in [5.74, 6) is 0. The number of hydrogen-bond acceptors (Lipinski definition) is 0. The molecule has 2 rings (SSSR count). The van der Waals surface area contributed by atoms with E-state index in [-0.39, 0.29) is 0 Å². The minimum absolute atomic E-state index is 1.15. The predicted octanol–water partition coefficient (Wildman–Crippen LogP) is 5.01. The lowest BCUT2D eigenvalue weighted by molar-refractivity contribution is 1.04. The van der Waals surface area contributed by atoms with Crippen LogP contribution in [0.25, 0.3) is 11.1 Å². The van der Waals surface area contributed by atoms with Crippen LogP contribution in [-0.4, -0.2) is 0 Å². The van der Waals surface area contributed by atoms with E-state index in [9.17, 15) is 0 Å². The van der Waals surface area contributed by atoms with Crippen LogP contribution < -0.4 is 0 Å². The summed E-state index contributed by atoms with van der Waals surface area (Å²) in [7, 11) is 0. The van der Waals surface area contributed by atoms with E-state index in [4.69, 9.17) is 0 Å². The summed E-state index contributed by atoms with van der Waals surface area (Å²) in [6.45, 7) is 5.87. The van der Waals surface area contributed by atoms with E-state index in [1.54, 1.807) is 0 Å². The van der Waals surface area contributed by atoms with Crippen LogP contribution in [0.2, 0.25) is 0 Å². The second kappa shape index (κ2) is 5.49. The first-order chi connectivity index (χ1) is 8.35. The summed E-state index contributed by atoms with van der Waals surface area (Å²) in [6.07, 6.45) is 13.1. The number of rotatable bonds is 3. The monoisotopic (exact) mass is 222 g/mol. The lowest BCUT2D eigenvalue weighted by Crippen LogP contribution is -1.87. The van der Waals surface area contributed by atoms with Gasteiger partial charge in [-0.1, -0.05) is 61.2 Å². The highest BCUT2D eigenvalue weighted by atomic mass is 14.1. The van der Waals surface area contributed by atoms with Gasteiger partial charge in [0.15, 0.2) is 0 Å². The van der Waals surface area contributed by atoms with Gasteiger partial charge in [0, 0.05) is 0 Å². The fourth-order valence-corrected chi connectivity index (χ4v) is 2.08. The molecule has 0 amide bonds. The maximum Gasteiger partial charge on any atom is -0.0187 e. The van der Waals surface area contributed by atoms with Gasteiger partial charge in [-0.25, -0.2) is 0 Å². The normalized spacial score (nSPS) is 15.6. The zero-order valence-corrected chi connectivity index (χ0v) is 10.3. The molecule has 0 saturated heterocycles. The number of allylic oxidation sites excluding steroid dienone is 7. The summed E-state index contributed by atoms with van der Waals surface area (Å²) >= 11 is 0. The van der Waals surface area contributed by atoms with E-state index in [1.807, 2.05) is 13.0 Å². The summed E-state index contributed by atoms with van der Waals surface area (Å²) in [5, 5.41) is 0. The summed E-state index contributed by atoms with van der Waals surface area (Å²) in [6, 6.07) is 8.69. The zero-order chi connectivity index (χ0) is 12.1. The van der Waals surface area contributed by atoms with Crippen LogP contribution in [0.15, 0.2) is 61.2 Å². The lowest BCUT2D eigenvalue weighted by Gasteiger charge is -2.08. The maximum absolute atomic E-state index is 3.83. The van der Waals surface area contributed by atoms with Crippen molar-refractivity contribution in [2.24, 2.45) is 0 Å². The van der Waals surface area contributed by atoms with E-state index in [0.717, 1.165) is 6.42 Å². The fourth-order valence-electron chi connectivity index (χ4n) is 2.08. The topological polar surface area (TPSA) is 0 Å². The van der Waals surface area contributed by atoms with Crippen LogP contribution in [0, 0.1) is 0 Å². The number of benzene rings is 1. The molecular formula is C17H18.